The Bertz CT molecular complexity index is 1070. The Morgan fingerprint density at radius 3 is 1.44 bits per heavy atom. The van der Waals surface area contributed by atoms with Gasteiger partial charge < -0.3 is 28.4 Å². The van der Waals surface area contributed by atoms with Crippen molar-refractivity contribution < 1.29 is 28.4 Å². The normalized spacial score (nSPS) is 19.1. The summed E-state index contributed by atoms with van der Waals surface area (Å²) in [5, 5.41) is 0. The summed E-state index contributed by atoms with van der Waals surface area (Å²) in [5.41, 5.74) is 5.94. The molecular formula is C35H44O6. The van der Waals surface area contributed by atoms with E-state index in [1.807, 2.05) is 24.3 Å². The van der Waals surface area contributed by atoms with Gasteiger partial charge in [-0.1, -0.05) is 36.4 Å². The van der Waals surface area contributed by atoms with Gasteiger partial charge in [0.25, 0.3) is 0 Å². The molecule has 5 rings (SSSR count). The fourth-order valence-electron chi connectivity index (χ4n) is 5.22. The van der Waals surface area contributed by atoms with Crippen molar-refractivity contribution in [3.05, 3.63) is 72.3 Å². The van der Waals surface area contributed by atoms with Crippen LogP contribution in [-0.2, 0) is 18.9 Å². The molecule has 0 aromatic heterocycles. The number of benzene rings is 3. The zero-order chi connectivity index (χ0) is 28.1. The lowest BCUT2D eigenvalue weighted by molar-refractivity contribution is -0.163. The second kappa shape index (κ2) is 15.9. The molecule has 0 aliphatic carbocycles. The van der Waals surface area contributed by atoms with Crippen LogP contribution in [-0.4, -0.2) is 52.2 Å². The summed E-state index contributed by atoms with van der Waals surface area (Å²) in [6.07, 6.45) is 8.26. The van der Waals surface area contributed by atoms with E-state index in [2.05, 4.69) is 49.4 Å². The third-order valence-electron chi connectivity index (χ3n) is 7.45. The van der Waals surface area contributed by atoms with Crippen molar-refractivity contribution >= 4 is 0 Å². The van der Waals surface area contributed by atoms with E-state index in [1.54, 1.807) is 0 Å². The van der Waals surface area contributed by atoms with Crippen molar-refractivity contribution in [2.45, 2.75) is 70.9 Å². The first kappa shape index (κ1) is 29.6. The molecule has 3 aromatic carbocycles. The lowest BCUT2D eigenvalue weighted by Crippen LogP contribution is -2.23. The first-order valence-electron chi connectivity index (χ1n) is 15.3. The molecule has 0 saturated carbocycles. The molecular weight excluding hydrogens is 516 g/mol. The summed E-state index contributed by atoms with van der Waals surface area (Å²) >= 11 is 0. The predicted molar refractivity (Wildman–Crippen MR) is 161 cm³/mol. The van der Waals surface area contributed by atoms with Crippen molar-refractivity contribution in [3.8, 4) is 33.8 Å². The van der Waals surface area contributed by atoms with Crippen molar-refractivity contribution in [2.24, 2.45) is 0 Å². The average Bonchev–Trinajstić information content (AvgIpc) is 3.02. The monoisotopic (exact) mass is 560 g/mol. The maximum Gasteiger partial charge on any atom is 0.157 e. The highest BCUT2D eigenvalue weighted by molar-refractivity contribution is 5.74. The highest BCUT2D eigenvalue weighted by Gasteiger charge is 2.14. The van der Waals surface area contributed by atoms with E-state index in [9.17, 15) is 0 Å². The summed E-state index contributed by atoms with van der Waals surface area (Å²) < 4.78 is 34.7. The Balaban J connectivity index is 1.07. The fraction of sp³-hybridized carbons (Fsp3) is 0.486. The van der Waals surface area contributed by atoms with Gasteiger partial charge in [0.2, 0.25) is 0 Å². The van der Waals surface area contributed by atoms with Crippen LogP contribution in [0.3, 0.4) is 0 Å². The van der Waals surface area contributed by atoms with Crippen molar-refractivity contribution in [1.82, 2.24) is 0 Å². The molecule has 0 spiro atoms. The molecule has 3 aromatic rings. The summed E-state index contributed by atoms with van der Waals surface area (Å²) in [7, 11) is 0. The summed E-state index contributed by atoms with van der Waals surface area (Å²) in [6.45, 7) is 6.34. The van der Waals surface area contributed by atoms with Crippen LogP contribution >= 0.6 is 0 Å². The van der Waals surface area contributed by atoms with E-state index < -0.39 is 0 Å². The van der Waals surface area contributed by atoms with Crippen molar-refractivity contribution in [2.75, 3.05) is 39.6 Å². The van der Waals surface area contributed by atoms with Crippen LogP contribution < -0.4 is 9.47 Å². The third-order valence-corrected chi connectivity index (χ3v) is 7.45. The number of ether oxygens (including phenoxy) is 6. The van der Waals surface area contributed by atoms with Crippen molar-refractivity contribution in [3.63, 3.8) is 0 Å². The Morgan fingerprint density at radius 2 is 1.02 bits per heavy atom. The van der Waals surface area contributed by atoms with Gasteiger partial charge in [-0.25, -0.2) is 0 Å². The molecule has 2 fully saturated rings. The van der Waals surface area contributed by atoms with Crippen LogP contribution in [0.5, 0.6) is 11.5 Å². The summed E-state index contributed by atoms with van der Waals surface area (Å²) in [6, 6.07) is 23.4. The van der Waals surface area contributed by atoms with Gasteiger partial charge in [-0.15, -0.1) is 0 Å². The highest BCUT2D eigenvalue weighted by Crippen LogP contribution is 2.30. The third kappa shape index (κ3) is 9.57. The molecule has 6 heteroatoms. The Morgan fingerprint density at radius 1 is 0.561 bits per heavy atom. The smallest absolute Gasteiger partial charge is 0.157 e. The zero-order valence-electron chi connectivity index (χ0n) is 24.4. The first-order chi connectivity index (χ1) is 20.2. The van der Waals surface area contributed by atoms with Gasteiger partial charge in [0.05, 0.1) is 26.4 Å². The Hall–Kier alpha value is -2.90. The minimum atomic E-state index is -0.0363. The molecule has 2 heterocycles. The largest absolute Gasteiger partial charge is 0.494 e. The standard InChI is InChI=1S/C35H44O6/c1-27-24-30(28-10-14-32(15-11-28)36-20-6-22-40-34-8-2-4-18-38-34)26-31(25-27)29-12-16-33(17-13-29)37-21-7-23-41-35-9-3-5-19-39-35/h10-17,24-26,34-35H,2-9,18-23H2,1H3. The fourth-order valence-corrected chi connectivity index (χ4v) is 5.22. The SMILES string of the molecule is Cc1cc(-c2ccc(OCCCOC3CCCCO3)cc2)cc(-c2ccc(OCCCOC3CCCCO3)cc2)c1. The van der Waals surface area contributed by atoms with E-state index in [-0.39, 0.29) is 12.6 Å². The molecule has 2 aliphatic rings. The minimum absolute atomic E-state index is 0.0363. The second-order valence-corrected chi connectivity index (χ2v) is 10.9. The van der Waals surface area contributed by atoms with Gasteiger partial charge in [0.15, 0.2) is 12.6 Å². The molecule has 0 amide bonds. The number of hydrogen-bond acceptors (Lipinski definition) is 6. The van der Waals surface area contributed by atoms with E-state index in [1.165, 1.54) is 40.7 Å². The maximum atomic E-state index is 5.94. The molecule has 0 bridgehead atoms. The molecule has 2 atom stereocenters. The van der Waals surface area contributed by atoms with E-state index in [0.29, 0.717) is 26.4 Å². The molecule has 220 valence electrons. The van der Waals surface area contributed by atoms with Crippen LogP contribution in [0, 0.1) is 6.92 Å². The molecule has 6 nitrogen and oxygen atoms in total. The summed E-state index contributed by atoms with van der Waals surface area (Å²) in [5.74, 6) is 1.75. The maximum absolute atomic E-state index is 5.94. The second-order valence-electron chi connectivity index (χ2n) is 10.9. The highest BCUT2D eigenvalue weighted by atomic mass is 16.7. The van der Waals surface area contributed by atoms with Gasteiger partial charge in [-0.2, -0.15) is 0 Å². The topological polar surface area (TPSA) is 55.4 Å². The molecule has 2 aliphatic heterocycles. The summed E-state index contributed by atoms with van der Waals surface area (Å²) in [4.78, 5) is 0. The van der Waals surface area contributed by atoms with Gasteiger partial charge >= 0.3 is 0 Å². The quantitative estimate of drug-likeness (QED) is 0.187. The molecule has 2 unspecified atom stereocenters. The molecule has 2 saturated heterocycles. The Kier molecular flexibility index (Phi) is 11.5. The molecule has 41 heavy (non-hydrogen) atoms. The Labute approximate surface area is 244 Å². The van der Waals surface area contributed by atoms with Crippen LogP contribution in [0.1, 0.15) is 56.9 Å². The van der Waals surface area contributed by atoms with Crippen LogP contribution in [0.15, 0.2) is 66.7 Å². The zero-order valence-corrected chi connectivity index (χ0v) is 24.4. The lowest BCUT2D eigenvalue weighted by atomic mass is 9.96. The lowest BCUT2D eigenvalue weighted by Gasteiger charge is -2.22. The van der Waals surface area contributed by atoms with Gasteiger partial charge in [0.1, 0.15) is 11.5 Å². The molecule has 0 N–H and O–H groups in total. The van der Waals surface area contributed by atoms with E-state index >= 15 is 0 Å². The number of hydrogen-bond donors (Lipinski definition) is 0. The first-order valence-corrected chi connectivity index (χ1v) is 15.3. The van der Waals surface area contributed by atoms with Crippen LogP contribution in [0.4, 0.5) is 0 Å². The van der Waals surface area contributed by atoms with E-state index in [4.69, 9.17) is 28.4 Å². The van der Waals surface area contributed by atoms with E-state index in [0.717, 1.165) is 63.2 Å². The molecule has 0 radical (unpaired) electrons. The van der Waals surface area contributed by atoms with Crippen LogP contribution in [0.25, 0.3) is 22.3 Å². The average molecular weight is 561 g/mol. The van der Waals surface area contributed by atoms with Gasteiger partial charge in [-0.05, 0) is 104 Å². The van der Waals surface area contributed by atoms with Crippen molar-refractivity contribution in [1.29, 1.82) is 0 Å². The van der Waals surface area contributed by atoms with Gasteiger partial charge in [-0.3, -0.25) is 0 Å². The van der Waals surface area contributed by atoms with Crippen LogP contribution in [0.2, 0.25) is 0 Å². The number of aryl methyl sites for hydroxylation is 1. The van der Waals surface area contributed by atoms with Gasteiger partial charge in [0, 0.05) is 26.1 Å². The minimum Gasteiger partial charge on any atom is -0.494 e. The number of rotatable bonds is 14. The predicted octanol–water partition coefficient (Wildman–Crippen LogP) is 7.95.